The Labute approximate surface area is 116 Å². The van der Waals surface area contributed by atoms with Crippen LogP contribution < -0.4 is 0 Å². The van der Waals surface area contributed by atoms with Crippen molar-refractivity contribution in [3.05, 3.63) is 30.1 Å². The molecular formula is C15H15N3O2. The number of aromatic amines is 1. The van der Waals surface area contributed by atoms with Gasteiger partial charge in [0.1, 0.15) is 5.82 Å². The van der Waals surface area contributed by atoms with Gasteiger partial charge in [-0.2, -0.15) is 5.26 Å². The Hall–Kier alpha value is -2.19. The maximum Gasteiger partial charge on any atom is 0.162 e. The molecule has 1 saturated heterocycles. The van der Waals surface area contributed by atoms with Crippen LogP contribution in [-0.2, 0) is 9.53 Å². The van der Waals surface area contributed by atoms with Gasteiger partial charge in [-0.25, -0.2) is 4.98 Å². The Balaban J connectivity index is 1.81. The van der Waals surface area contributed by atoms with Crippen molar-refractivity contribution in [2.75, 3.05) is 6.61 Å². The highest BCUT2D eigenvalue weighted by atomic mass is 16.5. The molecule has 102 valence electrons. The molecule has 2 atom stereocenters. The van der Waals surface area contributed by atoms with E-state index in [1.807, 2.05) is 24.3 Å². The zero-order valence-corrected chi connectivity index (χ0v) is 11.0. The average Bonchev–Trinajstić information content (AvgIpc) is 3.08. The van der Waals surface area contributed by atoms with Gasteiger partial charge in [-0.05, 0) is 25.0 Å². The molecule has 0 spiro atoms. The van der Waals surface area contributed by atoms with E-state index >= 15 is 0 Å². The maximum atomic E-state index is 12.2. The van der Waals surface area contributed by atoms with E-state index in [2.05, 4.69) is 16.0 Å². The fourth-order valence-electron chi connectivity index (χ4n) is 2.54. The predicted molar refractivity (Wildman–Crippen MR) is 73.0 cm³/mol. The van der Waals surface area contributed by atoms with Crippen LogP contribution in [0, 0.1) is 11.3 Å². The van der Waals surface area contributed by atoms with Crippen LogP contribution in [0.25, 0.3) is 11.0 Å². The van der Waals surface area contributed by atoms with Crippen LogP contribution in [0.1, 0.15) is 31.0 Å². The number of ketones is 1. The topological polar surface area (TPSA) is 78.8 Å². The van der Waals surface area contributed by atoms with Gasteiger partial charge in [0.25, 0.3) is 0 Å². The van der Waals surface area contributed by atoms with Crippen LogP contribution in [-0.4, -0.2) is 28.5 Å². The summed E-state index contributed by atoms with van der Waals surface area (Å²) in [6, 6.07) is 9.56. The molecule has 1 aliphatic heterocycles. The molecule has 1 aromatic carbocycles. The van der Waals surface area contributed by atoms with Gasteiger partial charge in [-0.1, -0.05) is 12.1 Å². The minimum Gasteiger partial charge on any atom is -0.378 e. The molecule has 0 aliphatic carbocycles. The molecule has 2 heterocycles. The number of Topliss-reactive ketones (excluding diaryl/α,β-unsaturated/α-hetero) is 1. The van der Waals surface area contributed by atoms with E-state index in [9.17, 15) is 10.1 Å². The van der Waals surface area contributed by atoms with Crippen molar-refractivity contribution in [3.8, 4) is 6.07 Å². The van der Waals surface area contributed by atoms with Gasteiger partial charge in [-0.15, -0.1) is 0 Å². The number of imidazole rings is 1. The summed E-state index contributed by atoms with van der Waals surface area (Å²) in [5, 5.41) is 9.28. The van der Waals surface area contributed by atoms with Crippen molar-refractivity contribution >= 4 is 16.8 Å². The minimum absolute atomic E-state index is 0.0391. The first-order valence-electron chi connectivity index (χ1n) is 6.76. The summed E-state index contributed by atoms with van der Waals surface area (Å²) in [4.78, 5) is 19.6. The Morgan fingerprint density at radius 1 is 1.55 bits per heavy atom. The van der Waals surface area contributed by atoms with Crippen LogP contribution in [0.2, 0.25) is 0 Å². The van der Waals surface area contributed by atoms with Crippen LogP contribution in [0.15, 0.2) is 24.3 Å². The zero-order valence-electron chi connectivity index (χ0n) is 11.0. The largest absolute Gasteiger partial charge is 0.378 e. The van der Waals surface area contributed by atoms with E-state index in [0.717, 1.165) is 23.9 Å². The highest BCUT2D eigenvalue weighted by Gasteiger charge is 2.28. The molecule has 2 aromatic rings. The molecule has 0 bridgehead atoms. The number of nitriles is 1. The summed E-state index contributed by atoms with van der Waals surface area (Å²) in [5.74, 6) is -0.540. The number of hydrogen-bond acceptors (Lipinski definition) is 4. The number of carbonyl (C=O) groups is 1. The first-order chi connectivity index (χ1) is 9.78. The molecule has 5 nitrogen and oxygen atoms in total. The van der Waals surface area contributed by atoms with Crippen molar-refractivity contribution in [3.63, 3.8) is 0 Å². The molecule has 5 heteroatoms. The number of rotatable bonds is 4. The second-order valence-corrected chi connectivity index (χ2v) is 5.01. The molecule has 1 N–H and O–H groups in total. The zero-order chi connectivity index (χ0) is 13.9. The fourth-order valence-corrected chi connectivity index (χ4v) is 2.54. The second kappa shape index (κ2) is 5.43. The van der Waals surface area contributed by atoms with E-state index in [1.54, 1.807) is 0 Å². The number of ether oxygens (including phenoxy) is 1. The monoisotopic (exact) mass is 269 g/mol. The third-order valence-electron chi connectivity index (χ3n) is 3.59. The minimum atomic E-state index is -0.841. The molecular weight excluding hydrogens is 254 g/mol. The summed E-state index contributed by atoms with van der Waals surface area (Å²) in [6.07, 6.45) is 2.13. The number of benzene rings is 1. The Morgan fingerprint density at radius 3 is 3.10 bits per heavy atom. The summed E-state index contributed by atoms with van der Waals surface area (Å²) in [5.41, 5.74) is 1.61. The van der Waals surface area contributed by atoms with Gasteiger partial charge in [0, 0.05) is 13.0 Å². The van der Waals surface area contributed by atoms with Crippen molar-refractivity contribution < 1.29 is 9.53 Å². The highest BCUT2D eigenvalue weighted by molar-refractivity contribution is 5.89. The van der Waals surface area contributed by atoms with Crippen molar-refractivity contribution in [1.29, 1.82) is 5.26 Å². The first kappa shape index (κ1) is 12.8. The molecule has 0 amide bonds. The number of hydrogen-bond donors (Lipinski definition) is 1. The molecule has 0 radical (unpaired) electrons. The number of nitrogens with one attached hydrogen (secondary N) is 1. The predicted octanol–water partition coefficient (Wildman–Crippen LogP) is 2.31. The summed E-state index contributed by atoms with van der Waals surface area (Å²) >= 11 is 0. The highest BCUT2D eigenvalue weighted by Crippen LogP contribution is 2.23. The van der Waals surface area contributed by atoms with E-state index in [1.165, 1.54) is 0 Å². The number of para-hydroxylation sites is 2. The first-order valence-corrected chi connectivity index (χ1v) is 6.76. The van der Waals surface area contributed by atoms with Crippen LogP contribution in [0.3, 0.4) is 0 Å². The lowest BCUT2D eigenvalue weighted by Crippen LogP contribution is -2.19. The van der Waals surface area contributed by atoms with Gasteiger partial charge < -0.3 is 9.72 Å². The summed E-state index contributed by atoms with van der Waals surface area (Å²) < 4.78 is 5.45. The lowest BCUT2D eigenvalue weighted by molar-refractivity contribution is -0.121. The van der Waals surface area contributed by atoms with Crippen LogP contribution in [0.4, 0.5) is 0 Å². The van der Waals surface area contributed by atoms with Gasteiger partial charge in [0.2, 0.25) is 0 Å². The molecule has 1 aliphatic rings. The third kappa shape index (κ3) is 2.43. The quantitative estimate of drug-likeness (QED) is 0.923. The molecule has 1 fully saturated rings. The summed E-state index contributed by atoms with van der Waals surface area (Å²) in [7, 11) is 0. The average molecular weight is 269 g/mol. The number of nitrogens with zero attached hydrogens (tertiary/aromatic N) is 2. The van der Waals surface area contributed by atoms with E-state index in [-0.39, 0.29) is 18.3 Å². The van der Waals surface area contributed by atoms with Crippen LogP contribution >= 0.6 is 0 Å². The van der Waals surface area contributed by atoms with Crippen molar-refractivity contribution in [1.82, 2.24) is 9.97 Å². The van der Waals surface area contributed by atoms with E-state index in [4.69, 9.17) is 4.74 Å². The Morgan fingerprint density at radius 2 is 2.40 bits per heavy atom. The number of fused-ring (bicyclic) bond motifs is 1. The lowest BCUT2D eigenvalue weighted by atomic mass is 9.99. The molecule has 1 aromatic heterocycles. The smallest absolute Gasteiger partial charge is 0.162 e. The van der Waals surface area contributed by atoms with Crippen molar-refractivity contribution in [2.24, 2.45) is 0 Å². The van der Waals surface area contributed by atoms with Gasteiger partial charge in [-0.3, -0.25) is 4.79 Å². The molecule has 0 unspecified atom stereocenters. The van der Waals surface area contributed by atoms with E-state index in [0.29, 0.717) is 12.4 Å². The van der Waals surface area contributed by atoms with Gasteiger partial charge in [0.05, 0.1) is 23.2 Å². The van der Waals surface area contributed by atoms with Crippen molar-refractivity contribution in [2.45, 2.75) is 31.3 Å². The molecule has 0 saturated carbocycles. The second-order valence-electron chi connectivity index (χ2n) is 5.01. The maximum absolute atomic E-state index is 12.2. The normalized spacial score (nSPS) is 19.9. The molecule has 3 rings (SSSR count). The number of carbonyl (C=O) groups excluding carboxylic acids is 1. The van der Waals surface area contributed by atoms with Gasteiger partial charge >= 0.3 is 0 Å². The Bertz CT molecular complexity index is 632. The third-order valence-corrected chi connectivity index (χ3v) is 3.59. The number of H-pyrrole nitrogens is 1. The summed E-state index contributed by atoms with van der Waals surface area (Å²) in [6.45, 7) is 0.708. The SMILES string of the molecule is N#C[C@@H](C(=O)C[C@H]1CCCO1)c1nc2ccccc2[nH]1. The lowest BCUT2D eigenvalue weighted by Gasteiger charge is -2.10. The molecule has 20 heavy (non-hydrogen) atoms. The number of aromatic nitrogens is 2. The van der Waals surface area contributed by atoms with Crippen LogP contribution in [0.5, 0.6) is 0 Å². The van der Waals surface area contributed by atoms with E-state index < -0.39 is 5.92 Å². The fraction of sp³-hybridized carbons (Fsp3) is 0.400. The van der Waals surface area contributed by atoms with Gasteiger partial charge in [0.15, 0.2) is 11.7 Å². The Kier molecular flexibility index (Phi) is 3.48. The standard InChI is InChI=1S/C15H15N3O2/c16-9-11(14(19)8-10-4-3-7-20-10)15-17-12-5-1-2-6-13(12)18-15/h1-2,5-6,10-11H,3-4,7-8H2,(H,17,18)/t10-,11+/m1/s1.